The summed E-state index contributed by atoms with van der Waals surface area (Å²) in [5, 5.41) is 2.83. The number of rotatable bonds is 4. The third kappa shape index (κ3) is 4.65. The fourth-order valence-corrected chi connectivity index (χ4v) is 3.92. The summed E-state index contributed by atoms with van der Waals surface area (Å²) in [4.78, 5) is 32.8. The standard InChI is InChI=1S/C21H27N5O3/c1-16(27)23-18-4-2-3-17(13-18)19-14-22-20-5-6-25(7-8-26(19)20)21(28)15-24-9-11-29-12-10-24/h2-4,13-14H,5-12,15H2,1H3,(H,23,27). The third-order valence-corrected chi connectivity index (χ3v) is 5.43. The molecule has 2 aromatic rings. The van der Waals surface area contributed by atoms with Gasteiger partial charge in [-0.15, -0.1) is 0 Å². The minimum absolute atomic E-state index is 0.0938. The molecule has 1 N–H and O–H groups in total. The van der Waals surface area contributed by atoms with E-state index in [2.05, 4.69) is 19.8 Å². The number of benzene rings is 1. The van der Waals surface area contributed by atoms with Crippen molar-refractivity contribution in [3.8, 4) is 11.3 Å². The second kappa shape index (κ2) is 8.75. The van der Waals surface area contributed by atoms with E-state index in [1.165, 1.54) is 6.92 Å². The lowest BCUT2D eigenvalue weighted by Crippen LogP contribution is -2.45. The molecule has 0 bridgehead atoms. The zero-order valence-corrected chi connectivity index (χ0v) is 16.8. The monoisotopic (exact) mass is 397 g/mol. The van der Waals surface area contributed by atoms with Gasteiger partial charge < -0.3 is 19.5 Å². The van der Waals surface area contributed by atoms with Crippen molar-refractivity contribution in [2.24, 2.45) is 0 Å². The molecule has 0 unspecified atom stereocenters. The molecule has 1 aromatic heterocycles. The predicted molar refractivity (Wildman–Crippen MR) is 110 cm³/mol. The molecule has 1 aromatic carbocycles. The van der Waals surface area contributed by atoms with Crippen molar-refractivity contribution in [1.29, 1.82) is 0 Å². The van der Waals surface area contributed by atoms with Crippen molar-refractivity contribution in [3.63, 3.8) is 0 Å². The molecule has 8 nitrogen and oxygen atoms in total. The molecule has 0 atom stereocenters. The van der Waals surface area contributed by atoms with E-state index in [0.717, 1.165) is 42.3 Å². The fourth-order valence-electron chi connectivity index (χ4n) is 3.92. The number of amides is 2. The van der Waals surface area contributed by atoms with Crippen LogP contribution >= 0.6 is 0 Å². The van der Waals surface area contributed by atoms with Crippen LogP contribution in [0.15, 0.2) is 30.5 Å². The first kappa shape index (κ1) is 19.6. The van der Waals surface area contributed by atoms with E-state index < -0.39 is 0 Å². The molecule has 1 saturated heterocycles. The van der Waals surface area contributed by atoms with Gasteiger partial charge in [0.05, 0.1) is 31.6 Å². The molecule has 154 valence electrons. The maximum absolute atomic E-state index is 12.8. The quantitative estimate of drug-likeness (QED) is 0.839. The van der Waals surface area contributed by atoms with Crippen molar-refractivity contribution in [2.45, 2.75) is 19.9 Å². The van der Waals surface area contributed by atoms with Gasteiger partial charge in [-0.3, -0.25) is 14.5 Å². The molecule has 1 fully saturated rings. The Morgan fingerprint density at radius 1 is 1.14 bits per heavy atom. The Labute approximate surface area is 170 Å². The maximum Gasteiger partial charge on any atom is 0.236 e. The van der Waals surface area contributed by atoms with Crippen molar-refractivity contribution in [3.05, 3.63) is 36.3 Å². The number of anilines is 1. The zero-order chi connectivity index (χ0) is 20.2. The smallest absolute Gasteiger partial charge is 0.236 e. The Hall–Kier alpha value is -2.71. The highest BCUT2D eigenvalue weighted by Gasteiger charge is 2.23. The van der Waals surface area contributed by atoms with E-state index in [0.29, 0.717) is 39.4 Å². The number of fused-ring (bicyclic) bond motifs is 1. The van der Waals surface area contributed by atoms with Gasteiger partial charge in [-0.25, -0.2) is 4.98 Å². The van der Waals surface area contributed by atoms with Crippen LogP contribution in [-0.2, 0) is 27.3 Å². The van der Waals surface area contributed by atoms with Crippen molar-refractivity contribution in [2.75, 3.05) is 51.3 Å². The SMILES string of the molecule is CC(=O)Nc1cccc(-c2cnc3n2CCN(C(=O)CN2CCOCC2)CC3)c1. The molecular weight excluding hydrogens is 370 g/mol. The third-order valence-electron chi connectivity index (χ3n) is 5.43. The average molecular weight is 397 g/mol. The van der Waals surface area contributed by atoms with E-state index >= 15 is 0 Å². The molecule has 0 saturated carbocycles. The number of aromatic nitrogens is 2. The highest BCUT2D eigenvalue weighted by molar-refractivity contribution is 5.89. The molecule has 8 heteroatoms. The molecule has 2 aliphatic heterocycles. The van der Waals surface area contributed by atoms with Crippen LogP contribution in [0, 0.1) is 0 Å². The lowest BCUT2D eigenvalue weighted by Gasteiger charge is -2.29. The number of carbonyl (C=O) groups is 2. The Bertz CT molecular complexity index is 888. The summed E-state index contributed by atoms with van der Waals surface area (Å²) in [6.45, 7) is 7.05. The van der Waals surface area contributed by atoms with Crippen LogP contribution in [0.5, 0.6) is 0 Å². The number of carbonyl (C=O) groups excluding carboxylic acids is 2. The van der Waals surface area contributed by atoms with Gasteiger partial charge in [-0.05, 0) is 12.1 Å². The molecule has 0 radical (unpaired) electrons. The minimum atomic E-state index is -0.0938. The predicted octanol–water partition coefficient (Wildman–Crippen LogP) is 1.23. The maximum atomic E-state index is 12.8. The summed E-state index contributed by atoms with van der Waals surface area (Å²) in [5.41, 5.74) is 2.78. The highest BCUT2D eigenvalue weighted by atomic mass is 16.5. The van der Waals surface area contributed by atoms with Crippen LogP contribution in [0.3, 0.4) is 0 Å². The second-order valence-corrected chi connectivity index (χ2v) is 7.49. The molecule has 0 spiro atoms. The van der Waals surface area contributed by atoms with E-state index in [4.69, 9.17) is 4.74 Å². The van der Waals surface area contributed by atoms with Crippen molar-refractivity contribution < 1.29 is 14.3 Å². The molecule has 4 rings (SSSR count). The molecular formula is C21H27N5O3. The molecule has 3 heterocycles. The molecule has 2 amide bonds. The van der Waals surface area contributed by atoms with Crippen LogP contribution in [0.2, 0.25) is 0 Å². The molecule has 0 aliphatic carbocycles. The van der Waals surface area contributed by atoms with Crippen LogP contribution in [-0.4, -0.2) is 77.1 Å². The zero-order valence-electron chi connectivity index (χ0n) is 16.8. The lowest BCUT2D eigenvalue weighted by atomic mass is 10.1. The normalized spacial score (nSPS) is 17.5. The summed E-state index contributed by atoms with van der Waals surface area (Å²) in [6.07, 6.45) is 2.62. The summed E-state index contributed by atoms with van der Waals surface area (Å²) >= 11 is 0. The Morgan fingerprint density at radius 2 is 1.97 bits per heavy atom. The van der Waals surface area contributed by atoms with E-state index in [1.807, 2.05) is 35.4 Å². The highest BCUT2D eigenvalue weighted by Crippen LogP contribution is 2.25. The van der Waals surface area contributed by atoms with Crippen molar-refractivity contribution >= 4 is 17.5 Å². The van der Waals surface area contributed by atoms with Crippen LogP contribution in [0.25, 0.3) is 11.3 Å². The second-order valence-electron chi connectivity index (χ2n) is 7.49. The number of nitrogens with one attached hydrogen (secondary N) is 1. The lowest BCUT2D eigenvalue weighted by molar-refractivity contribution is -0.133. The first-order chi connectivity index (χ1) is 14.1. The van der Waals surface area contributed by atoms with E-state index in [1.54, 1.807) is 0 Å². The first-order valence-electron chi connectivity index (χ1n) is 10.1. The van der Waals surface area contributed by atoms with Gasteiger partial charge in [-0.2, -0.15) is 0 Å². The largest absolute Gasteiger partial charge is 0.379 e. The molecule has 29 heavy (non-hydrogen) atoms. The van der Waals surface area contributed by atoms with E-state index in [9.17, 15) is 9.59 Å². The number of imidazole rings is 1. The number of ether oxygens (including phenoxy) is 1. The topological polar surface area (TPSA) is 79.7 Å². The van der Waals surface area contributed by atoms with Gasteiger partial charge in [0, 0.05) is 57.3 Å². The van der Waals surface area contributed by atoms with Gasteiger partial charge in [0.1, 0.15) is 5.82 Å². The number of nitrogens with zero attached hydrogens (tertiary/aromatic N) is 4. The van der Waals surface area contributed by atoms with E-state index in [-0.39, 0.29) is 11.8 Å². The van der Waals surface area contributed by atoms with Crippen LogP contribution < -0.4 is 5.32 Å². The Morgan fingerprint density at radius 3 is 2.76 bits per heavy atom. The number of hydrogen-bond donors (Lipinski definition) is 1. The van der Waals surface area contributed by atoms with Crippen LogP contribution in [0.4, 0.5) is 5.69 Å². The van der Waals surface area contributed by atoms with Gasteiger partial charge in [-0.1, -0.05) is 12.1 Å². The number of hydrogen-bond acceptors (Lipinski definition) is 5. The summed E-state index contributed by atoms with van der Waals surface area (Å²) < 4.78 is 7.55. The fraction of sp³-hybridized carbons (Fsp3) is 0.476. The van der Waals surface area contributed by atoms with Gasteiger partial charge >= 0.3 is 0 Å². The van der Waals surface area contributed by atoms with Gasteiger partial charge in [0.25, 0.3) is 0 Å². The average Bonchev–Trinajstić information content (AvgIpc) is 2.99. The summed E-state index contributed by atoms with van der Waals surface area (Å²) in [5.74, 6) is 1.07. The summed E-state index contributed by atoms with van der Waals surface area (Å²) in [7, 11) is 0. The van der Waals surface area contributed by atoms with Gasteiger partial charge in [0.2, 0.25) is 11.8 Å². The number of morpholine rings is 1. The first-order valence-corrected chi connectivity index (χ1v) is 10.1. The Balaban J connectivity index is 1.45. The Kier molecular flexibility index (Phi) is 5.92. The molecule has 2 aliphatic rings. The summed E-state index contributed by atoms with van der Waals surface area (Å²) in [6, 6.07) is 7.77. The minimum Gasteiger partial charge on any atom is -0.379 e. The van der Waals surface area contributed by atoms with Gasteiger partial charge in [0.15, 0.2) is 0 Å². The van der Waals surface area contributed by atoms with Crippen LogP contribution in [0.1, 0.15) is 12.7 Å². The van der Waals surface area contributed by atoms with Crippen molar-refractivity contribution in [1.82, 2.24) is 19.4 Å².